The Kier molecular flexibility index (Phi) is 3.19. The summed E-state index contributed by atoms with van der Waals surface area (Å²) in [4.78, 5) is 26.6. The number of H-pyrrole nitrogens is 1. The highest BCUT2D eigenvalue weighted by Crippen LogP contribution is 2.05. The lowest BCUT2D eigenvalue weighted by molar-refractivity contribution is -0.138. The van der Waals surface area contributed by atoms with Crippen molar-refractivity contribution in [2.75, 3.05) is 0 Å². The molecular weight excluding hydrogens is 190 g/mol. The summed E-state index contributed by atoms with van der Waals surface area (Å²) in [6.45, 7) is 0.222. The van der Waals surface area contributed by atoms with Crippen molar-refractivity contribution in [3.05, 3.63) is 11.9 Å². The van der Waals surface area contributed by atoms with Gasteiger partial charge in [-0.05, 0) is 0 Å². The third-order valence-corrected chi connectivity index (χ3v) is 1.52. The molecule has 0 aliphatic heterocycles. The summed E-state index contributed by atoms with van der Waals surface area (Å²) in [7, 11) is 0. The van der Waals surface area contributed by atoms with Crippen molar-refractivity contribution in [1.82, 2.24) is 9.97 Å². The van der Waals surface area contributed by atoms with Crippen molar-refractivity contribution in [3.63, 3.8) is 0 Å². The van der Waals surface area contributed by atoms with Crippen molar-refractivity contribution in [3.8, 4) is 6.01 Å². The Bertz CT molecular complexity index is 335. The van der Waals surface area contributed by atoms with Crippen LogP contribution >= 0.6 is 0 Å². The molecule has 1 aromatic rings. The summed E-state index contributed by atoms with van der Waals surface area (Å²) in [5.41, 5.74) is 5.77. The molecule has 0 aliphatic rings. The van der Waals surface area contributed by atoms with Crippen molar-refractivity contribution < 1.29 is 19.4 Å². The van der Waals surface area contributed by atoms with Crippen molar-refractivity contribution >= 4 is 12.4 Å². The maximum absolute atomic E-state index is 10.4. The van der Waals surface area contributed by atoms with Gasteiger partial charge in [-0.1, -0.05) is 0 Å². The molecular formula is C7H9N3O4. The molecule has 0 amide bonds. The van der Waals surface area contributed by atoms with Crippen LogP contribution in [0.4, 0.5) is 0 Å². The highest BCUT2D eigenvalue weighted by Gasteiger charge is 2.13. The van der Waals surface area contributed by atoms with Crippen LogP contribution in [-0.4, -0.2) is 33.6 Å². The van der Waals surface area contributed by atoms with E-state index in [1.54, 1.807) is 0 Å². The third-order valence-electron chi connectivity index (χ3n) is 1.52. The summed E-state index contributed by atoms with van der Waals surface area (Å²) in [6.07, 6.45) is 1.46. The summed E-state index contributed by atoms with van der Waals surface area (Å²) >= 11 is 0. The van der Waals surface area contributed by atoms with Crippen molar-refractivity contribution in [2.45, 2.75) is 12.5 Å². The van der Waals surface area contributed by atoms with Crippen LogP contribution < -0.4 is 10.5 Å². The molecule has 1 heterocycles. The minimum Gasteiger partial charge on any atom is -0.480 e. The number of nitrogens with two attached hydrogens (primary N) is 1. The first-order chi connectivity index (χ1) is 6.63. The van der Waals surface area contributed by atoms with Gasteiger partial charge in [-0.25, -0.2) is 4.98 Å². The van der Waals surface area contributed by atoms with E-state index in [9.17, 15) is 9.59 Å². The van der Waals surface area contributed by atoms with Gasteiger partial charge in [0.15, 0.2) is 0 Å². The van der Waals surface area contributed by atoms with E-state index in [2.05, 4.69) is 14.7 Å². The Labute approximate surface area is 78.9 Å². The Morgan fingerprint density at radius 2 is 2.57 bits per heavy atom. The zero-order valence-electron chi connectivity index (χ0n) is 7.14. The lowest BCUT2D eigenvalue weighted by atomic mass is 10.2. The van der Waals surface area contributed by atoms with Gasteiger partial charge in [0.05, 0.1) is 6.20 Å². The van der Waals surface area contributed by atoms with Crippen LogP contribution in [0.3, 0.4) is 0 Å². The van der Waals surface area contributed by atoms with E-state index in [-0.39, 0.29) is 18.9 Å². The average molecular weight is 199 g/mol. The molecule has 0 aromatic carbocycles. The molecule has 0 fully saturated rings. The number of rotatable bonds is 5. The Balaban J connectivity index is 2.59. The fourth-order valence-corrected chi connectivity index (χ4v) is 0.872. The summed E-state index contributed by atoms with van der Waals surface area (Å²) < 4.78 is 4.39. The Morgan fingerprint density at radius 3 is 3.14 bits per heavy atom. The monoisotopic (exact) mass is 199 g/mol. The first-order valence-electron chi connectivity index (χ1n) is 3.76. The second-order valence-electron chi connectivity index (χ2n) is 2.58. The lowest BCUT2D eigenvalue weighted by Crippen LogP contribution is -2.32. The fourth-order valence-electron chi connectivity index (χ4n) is 0.872. The first-order valence-corrected chi connectivity index (χ1v) is 3.76. The van der Waals surface area contributed by atoms with Gasteiger partial charge in [0.2, 0.25) is 0 Å². The molecule has 1 unspecified atom stereocenters. The quantitative estimate of drug-likeness (QED) is 0.518. The van der Waals surface area contributed by atoms with E-state index in [4.69, 9.17) is 10.8 Å². The molecule has 0 bridgehead atoms. The minimum absolute atomic E-state index is 0.0209. The molecule has 1 rings (SSSR count). The van der Waals surface area contributed by atoms with E-state index in [0.717, 1.165) is 0 Å². The summed E-state index contributed by atoms with van der Waals surface area (Å²) in [6, 6.07) is -0.980. The number of carboxylic acid groups (broad SMARTS) is 1. The van der Waals surface area contributed by atoms with Crippen LogP contribution in [0, 0.1) is 0 Å². The largest absolute Gasteiger partial charge is 0.480 e. The van der Waals surface area contributed by atoms with E-state index in [1.165, 1.54) is 6.20 Å². The number of carbonyl (C=O) groups excluding carboxylic acids is 1. The molecule has 14 heavy (non-hydrogen) atoms. The van der Waals surface area contributed by atoms with Gasteiger partial charge in [0.25, 0.3) is 0 Å². The van der Waals surface area contributed by atoms with Gasteiger partial charge in [0.1, 0.15) is 6.04 Å². The van der Waals surface area contributed by atoms with Crippen LogP contribution in [0.25, 0.3) is 0 Å². The number of aliphatic carboxylic acids is 1. The molecule has 0 saturated heterocycles. The molecule has 0 spiro atoms. The molecule has 0 saturated carbocycles. The number of carboxylic acids is 1. The second kappa shape index (κ2) is 4.38. The van der Waals surface area contributed by atoms with Crippen LogP contribution in [0.1, 0.15) is 5.69 Å². The van der Waals surface area contributed by atoms with Crippen LogP contribution in [0.5, 0.6) is 6.01 Å². The highest BCUT2D eigenvalue weighted by molar-refractivity contribution is 5.73. The molecule has 4 N–H and O–H groups in total. The molecule has 7 nitrogen and oxygen atoms in total. The van der Waals surface area contributed by atoms with Gasteiger partial charge in [-0.2, -0.15) is 0 Å². The maximum atomic E-state index is 10.4. The van der Waals surface area contributed by atoms with Gasteiger partial charge in [-0.3, -0.25) is 9.59 Å². The Morgan fingerprint density at radius 1 is 1.86 bits per heavy atom. The van der Waals surface area contributed by atoms with Crippen LogP contribution in [0.2, 0.25) is 0 Å². The fraction of sp³-hybridized carbons (Fsp3) is 0.286. The van der Waals surface area contributed by atoms with Crippen molar-refractivity contribution in [2.24, 2.45) is 5.73 Å². The predicted molar refractivity (Wildman–Crippen MR) is 44.6 cm³/mol. The van der Waals surface area contributed by atoms with Gasteiger partial charge >= 0.3 is 18.5 Å². The molecule has 1 atom stereocenters. The number of nitrogens with zero attached hydrogens (tertiary/aromatic N) is 1. The summed E-state index contributed by atoms with van der Waals surface area (Å²) in [5, 5.41) is 8.51. The molecule has 0 radical (unpaired) electrons. The standard InChI is InChI=1S/C7H9N3O4/c8-5(6(12)13)1-4-2-9-7(10-4)14-3-11/h2-3,5H,1,8H2,(H,9,10)(H,12,13). The topological polar surface area (TPSA) is 118 Å². The van der Waals surface area contributed by atoms with Crippen molar-refractivity contribution in [1.29, 1.82) is 0 Å². The second-order valence-corrected chi connectivity index (χ2v) is 2.58. The Hall–Kier alpha value is -1.89. The minimum atomic E-state index is -1.10. The maximum Gasteiger partial charge on any atom is 0.320 e. The van der Waals surface area contributed by atoms with Crippen LogP contribution in [0.15, 0.2) is 6.20 Å². The molecule has 1 aromatic heterocycles. The predicted octanol–water partition coefficient (Wildman–Crippen LogP) is -1.10. The number of hydrogen-bond donors (Lipinski definition) is 3. The first kappa shape index (κ1) is 10.2. The van der Waals surface area contributed by atoms with E-state index < -0.39 is 12.0 Å². The normalized spacial score (nSPS) is 12.1. The molecule has 0 aliphatic carbocycles. The highest BCUT2D eigenvalue weighted by atomic mass is 16.5. The number of carbonyl (C=O) groups is 2. The van der Waals surface area contributed by atoms with Gasteiger partial charge < -0.3 is 20.6 Å². The average Bonchev–Trinajstić information content (AvgIpc) is 2.53. The van der Waals surface area contributed by atoms with E-state index >= 15 is 0 Å². The number of hydrogen-bond acceptors (Lipinski definition) is 5. The third kappa shape index (κ3) is 2.56. The van der Waals surface area contributed by atoms with E-state index in [0.29, 0.717) is 5.69 Å². The molecule has 7 heteroatoms. The zero-order chi connectivity index (χ0) is 10.6. The SMILES string of the molecule is NC(Cc1cnc(OC=O)[nH]1)C(=O)O. The molecule has 76 valence electrons. The lowest BCUT2D eigenvalue weighted by Gasteiger charge is -2.02. The number of nitrogens with one attached hydrogen (secondary N) is 1. The zero-order valence-corrected chi connectivity index (χ0v) is 7.14. The van der Waals surface area contributed by atoms with Gasteiger partial charge in [0, 0.05) is 12.1 Å². The number of imidazole rings is 1. The van der Waals surface area contributed by atoms with Crippen LogP contribution in [-0.2, 0) is 16.0 Å². The summed E-state index contributed by atoms with van der Waals surface area (Å²) in [5.74, 6) is -1.10. The number of ether oxygens (including phenoxy) is 1. The number of aromatic amines is 1. The number of aromatic nitrogens is 2. The van der Waals surface area contributed by atoms with E-state index in [1.807, 2.05) is 0 Å². The van der Waals surface area contributed by atoms with Gasteiger partial charge in [-0.15, -0.1) is 0 Å². The smallest absolute Gasteiger partial charge is 0.320 e.